The Labute approximate surface area is 158 Å². The summed E-state index contributed by atoms with van der Waals surface area (Å²) in [5.74, 6) is -0.374. The number of hydrogen-bond acceptors (Lipinski definition) is 4. The Bertz CT molecular complexity index is 941. The molecule has 144 valence electrons. The third-order valence-corrected chi connectivity index (χ3v) is 6.09. The van der Waals surface area contributed by atoms with Gasteiger partial charge in [0.15, 0.2) is 0 Å². The van der Waals surface area contributed by atoms with Gasteiger partial charge in [-0.1, -0.05) is 6.07 Å². The van der Waals surface area contributed by atoms with Crippen LogP contribution in [0, 0.1) is 18.7 Å². The number of amides is 1. The number of rotatable bonds is 7. The Kier molecular flexibility index (Phi) is 5.48. The van der Waals surface area contributed by atoms with Crippen molar-refractivity contribution in [3.05, 3.63) is 59.4 Å². The molecule has 1 aliphatic rings. The second kappa shape index (κ2) is 7.66. The number of carbonyl (C=O) groups is 1. The molecule has 0 spiro atoms. The normalized spacial score (nSPS) is 15.2. The van der Waals surface area contributed by atoms with E-state index >= 15 is 0 Å². The first kappa shape index (κ1) is 19.3. The van der Waals surface area contributed by atoms with Crippen molar-refractivity contribution < 1.29 is 17.6 Å². The lowest BCUT2D eigenvalue weighted by Gasteiger charge is -2.14. The first-order valence-corrected chi connectivity index (χ1v) is 10.2. The van der Waals surface area contributed by atoms with Gasteiger partial charge in [0.25, 0.3) is 15.9 Å². The largest absolute Gasteiger partial charge is 0.350 e. The molecule has 6 nitrogen and oxygen atoms in total. The summed E-state index contributed by atoms with van der Waals surface area (Å²) in [6, 6.07) is 9.40. The summed E-state index contributed by atoms with van der Waals surface area (Å²) in [4.78, 5) is 12.3. The van der Waals surface area contributed by atoms with E-state index in [9.17, 15) is 17.6 Å². The van der Waals surface area contributed by atoms with Crippen molar-refractivity contribution in [2.45, 2.75) is 30.7 Å². The first-order valence-electron chi connectivity index (χ1n) is 8.69. The van der Waals surface area contributed by atoms with Gasteiger partial charge in [-0.05, 0) is 67.6 Å². The van der Waals surface area contributed by atoms with Crippen LogP contribution in [0.25, 0.3) is 0 Å². The second-order valence-electron chi connectivity index (χ2n) is 6.80. The van der Waals surface area contributed by atoms with Crippen molar-refractivity contribution in [2.75, 3.05) is 11.3 Å². The van der Waals surface area contributed by atoms with Gasteiger partial charge >= 0.3 is 0 Å². The van der Waals surface area contributed by atoms with Crippen LogP contribution in [0.1, 0.15) is 28.8 Å². The summed E-state index contributed by atoms with van der Waals surface area (Å²) in [6.07, 6.45) is 2.16. The number of halogens is 1. The number of nitrogens with two attached hydrogens (primary N) is 1. The highest BCUT2D eigenvalue weighted by Gasteiger charge is 2.28. The Morgan fingerprint density at radius 1 is 1.22 bits per heavy atom. The second-order valence-corrected chi connectivity index (χ2v) is 8.45. The van der Waals surface area contributed by atoms with Gasteiger partial charge in [-0.3, -0.25) is 9.52 Å². The van der Waals surface area contributed by atoms with Crippen molar-refractivity contribution in [2.24, 2.45) is 11.7 Å². The topological polar surface area (TPSA) is 101 Å². The molecule has 1 amide bonds. The van der Waals surface area contributed by atoms with Crippen LogP contribution in [0.5, 0.6) is 0 Å². The monoisotopic (exact) mass is 391 g/mol. The van der Waals surface area contributed by atoms with Gasteiger partial charge in [-0.15, -0.1) is 0 Å². The van der Waals surface area contributed by atoms with Crippen LogP contribution in [0.3, 0.4) is 0 Å². The number of anilines is 1. The van der Waals surface area contributed by atoms with Gasteiger partial charge < -0.3 is 11.1 Å². The average molecular weight is 391 g/mol. The van der Waals surface area contributed by atoms with E-state index in [0.29, 0.717) is 18.0 Å². The molecule has 1 aliphatic carbocycles. The van der Waals surface area contributed by atoms with Crippen molar-refractivity contribution in [1.29, 1.82) is 0 Å². The van der Waals surface area contributed by atoms with Crippen molar-refractivity contribution in [1.82, 2.24) is 5.32 Å². The zero-order chi connectivity index (χ0) is 19.6. The van der Waals surface area contributed by atoms with Gasteiger partial charge in [0, 0.05) is 23.8 Å². The molecule has 27 heavy (non-hydrogen) atoms. The molecule has 1 saturated carbocycles. The molecule has 4 N–H and O–H groups in total. The zero-order valence-electron chi connectivity index (χ0n) is 14.9. The van der Waals surface area contributed by atoms with E-state index in [1.807, 2.05) is 0 Å². The standard InChI is InChI=1S/C19H22FN3O3S/c1-12-2-3-14(19(24)22-11-17(21)13-4-5-13)10-18(12)27(25,26)23-16-8-6-15(20)7-9-16/h2-3,6-10,13,17,23H,4-5,11,21H2,1H3,(H,22,24). The number of nitrogens with one attached hydrogen (secondary N) is 2. The highest BCUT2D eigenvalue weighted by molar-refractivity contribution is 7.92. The smallest absolute Gasteiger partial charge is 0.262 e. The number of carbonyl (C=O) groups excluding carboxylic acids is 1. The molecular weight excluding hydrogens is 369 g/mol. The quantitative estimate of drug-likeness (QED) is 0.675. The number of hydrogen-bond donors (Lipinski definition) is 3. The predicted octanol–water partition coefficient (Wildman–Crippen LogP) is 2.40. The van der Waals surface area contributed by atoms with Gasteiger partial charge in [0.05, 0.1) is 4.90 Å². The lowest BCUT2D eigenvalue weighted by atomic mass is 10.1. The zero-order valence-corrected chi connectivity index (χ0v) is 15.7. The summed E-state index contributed by atoms with van der Waals surface area (Å²) in [6.45, 7) is 2.00. The third-order valence-electron chi connectivity index (χ3n) is 4.56. The van der Waals surface area contributed by atoms with Crippen molar-refractivity contribution in [3.63, 3.8) is 0 Å². The Morgan fingerprint density at radius 3 is 2.52 bits per heavy atom. The fourth-order valence-electron chi connectivity index (χ4n) is 2.76. The fourth-order valence-corrected chi connectivity index (χ4v) is 4.09. The van der Waals surface area contributed by atoms with E-state index in [0.717, 1.165) is 25.0 Å². The Morgan fingerprint density at radius 2 is 1.89 bits per heavy atom. The molecule has 2 aromatic carbocycles. The van der Waals surface area contributed by atoms with Crippen molar-refractivity contribution >= 4 is 21.6 Å². The van der Waals surface area contributed by atoms with E-state index in [4.69, 9.17) is 5.73 Å². The number of sulfonamides is 1. The summed E-state index contributed by atoms with van der Waals surface area (Å²) < 4.78 is 40.8. The van der Waals surface area contributed by atoms with Crippen LogP contribution < -0.4 is 15.8 Å². The number of benzene rings is 2. The van der Waals surface area contributed by atoms with Crippen LogP contribution in [-0.2, 0) is 10.0 Å². The van der Waals surface area contributed by atoms with E-state index in [1.54, 1.807) is 19.1 Å². The van der Waals surface area contributed by atoms with Crippen LogP contribution in [0.15, 0.2) is 47.4 Å². The highest BCUT2D eigenvalue weighted by Crippen LogP contribution is 2.31. The molecule has 1 atom stereocenters. The molecule has 2 aromatic rings. The summed E-state index contributed by atoms with van der Waals surface area (Å²) in [7, 11) is -3.92. The van der Waals surface area contributed by atoms with Gasteiger partial charge in [-0.2, -0.15) is 0 Å². The minimum Gasteiger partial charge on any atom is -0.350 e. The molecule has 0 aliphatic heterocycles. The Hall–Kier alpha value is -2.45. The maximum Gasteiger partial charge on any atom is 0.262 e. The molecule has 0 heterocycles. The molecule has 0 aromatic heterocycles. The molecule has 1 unspecified atom stereocenters. The van der Waals surface area contributed by atoms with Crippen LogP contribution in [-0.4, -0.2) is 26.9 Å². The highest BCUT2D eigenvalue weighted by atomic mass is 32.2. The third kappa shape index (κ3) is 4.84. The predicted molar refractivity (Wildman–Crippen MR) is 101 cm³/mol. The maximum atomic E-state index is 13.0. The summed E-state index contributed by atoms with van der Waals surface area (Å²) in [5.41, 5.74) is 6.95. The molecular formula is C19H22FN3O3S. The lowest BCUT2D eigenvalue weighted by Crippen LogP contribution is -2.38. The minimum absolute atomic E-state index is 0.00836. The lowest BCUT2D eigenvalue weighted by molar-refractivity contribution is 0.0950. The maximum absolute atomic E-state index is 13.0. The minimum atomic E-state index is -3.92. The molecule has 3 rings (SSSR count). The molecule has 0 radical (unpaired) electrons. The van der Waals surface area contributed by atoms with Gasteiger partial charge in [-0.25, -0.2) is 12.8 Å². The molecule has 0 bridgehead atoms. The van der Waals surface area contributed by atoms with Crippen LogP contribution in [0.2, 0.25) is 0 Å². The summed E-state index contributed by atoms with van der Waals surface area (Å²) in [5, 5.41) is 2.75. The molecule has 1 fully saturated rings. The Balaban J connectivity index is 1.77. The van der Waals surface area contributed by atoms with E-state index < -0.39 is 15.8 Å². The van der Waals surface area contributed by atoms with E-state index in [2.05, 4.69) is 10.0 Å². The van der Waals surface area contributed by atoms with Gasteiger partial charge in [0.2, 0.25) is 0 Å². The molecule has 0 saturated heterocycles. The SMILES string of the molecule is Cc1ccc(C(=O)NCC(N)C2CC2)cc1S(=O)(=O)Nc1ccc(F)cc1. The summed E-state index contributed by atoms with van der Waals surface area (Å²) >= 11 is 0. The van der Waals surface area contributed by atoms with Gasteiger partial charge in [0.1, 0.15) is 5.82 Å². The number of aryl methyl sites for hydroxylation is 1. The van der Waals surface area contributed by atoms with Crippen LogP contribution >= 0.6 is 0 Å². The van der Waals surface area contributed by atoms with Crippen LogP contribution in [0.4, 0.5) is 10.1 Å². The molecule has 8 heteroatoms. The first-order chi connectivity index (χ1) is 12.8. The van der Waals surface area contributed by atoms with E-state index in [-0.39, 0.29) is 28.1 Å². The van der Waals surface area contributed by atoms with Crippen molar-refractivity contribution in [3.8, 4) is 0 Å². The fraction of sp³-hybridized carbons (Fsp3) is 0.316. The van der Waals surface area contributed by atoms with E-state index in [1.165, 1.54) is 18.2 Å². The average Bonchev–Trinajstić information content (AvgIpc) is 3.46.